The van der Waals surface area contributed by atoms with Gasteiger partial charge in [-0.15, -0.1) is 5.10 Å². The van der Waals surface area contributed by atoms with E-state index >= 15 is 0 Å². The van der Waals surface area contributed by atoms with Gasteiger partial charge in [0.1, 0.15) is 6.54 Å². The summed E-state index contributed by atoms with van der Waals surface area (Å²) in [6.07, 6.45) is -1.37. The zero-order chi connectivity index (χ0) is 15.9. The minimum atomic E-state index is -4.43. The summed E-state index contributed by atoms with van der Waals surface area (Å²) in [5, 5.41) is 10.8. The third-order valence-corrected chi connectivity index (χ3v) is 3.84. The van der Waals surface area contributed by atoms with Crippen molar-refractivity contribution in [3.8, 4) is 0 Å². The lowest BCUT2D eigenvalue weighted by Gasteiger charge is -2.30. The van der Waals surface area contributed by atoms with E-state index in [1.807, 2.05) is 0 Å². The molecule has 0 saturated heterocycles. The third-order valence-electron chi connectivity index (χ3n) is 3.84. The zero-order valence-corrected chi connectivity index (χ0v) is 11.8. The molecule has 1 fully saturated rings. The van der Waals surface area contributed by atoms with Crippen LogP contribution in [0.25, 0.3) is 5.65 Å². The molecule has 2 heterocycles. The van der Waals surface area contributed by atoms with Crippen LogP contribution in [0, 0.1) is 5.92 Å². The van der Waals surface area contributed by atoms with Gasteiger partial charge in [-0.2, -0.15) is 17.7 Å². The van der Waals surface area contributed by atoms with Crippen molar-refractivity contribution in [1.82, 2.24) is 24.9 Å². The Balaban J connectivity index is 1.89. The van der Waals surface area contributed by atoms with Crippen molar-refractivity contribution in [1.29, 1.82) is 0 Å². The van der Waals surface area contributed by atoms with Crippen molar-refractivity contribution in [2.75, 3.05) is 6.54 Å². The molecule has 0 spiro atoms. The number of carbonyl (C=O) groups is 1. The number of alkyl halides is 3. The van der Waals surface area contributed by atoms with Crippen LogP contribution < -0.4 is 0 Å². The van der Waals surface area contributed by atoms with Gasteiger partial charge in [-0.1, -0.05) is 0 Å². The minimum absolute atomic E-state index is 0.136. The first-order valence-electron chi connectivity index (χ1n) is 6.90. The van der Waals surface area contributed by atoms with E-state index in [0.717, 1.165) is 17.7 Å². The fourth-order valence-electron chi connectivity index (χ4n) is 2.46. The molecule has 0 aliphatic heterocycles. The molecule has 1 saturated carbocycles. The van der Waals surface area contributed by atoms with Crippen LogP contribution in [-0.4, -0.2) is 49.6 Å². The highest BCUT2D eigenvalue weighted by Gasteiger charge is 2.40. The molecular formula is C13H14F3N5O. The normalized spacial score (nSPS) is 16.7. The van der Waals surface area contributed by atoms with E-state index in [1.165, 1.54) is 22.8 Å². The van der Waals surface area contributed by atoms with Crippen molar-refractivity contribution in [2.45, 2.75) is 32.0 Å². The quantitative estimate of drug-likeness (QED) is 0.865. The lowest BCUT2D eigenvalue weighted by molar-refractivity contribution is -0.144. The highest BCUT2D eigenvalue weighted by molar-refractivity contribution is 5.94. The maximum atomic E-state index is 12.8. The summed E-state index contributed by atoms with van der Waals surface area (Å²) in [5.74, 6) is -0.516. The molecular weight excluding hydrogens is 299 g/mol. The Hall–Kier alpha value is -2.19. The van der Waals surface area contributed by atoms with Gasteiger partial charge in [0.2, 0.25) is 0 Å². The van der Waals surface area contributed by atoms with Crippen molar-refractivity contribution in [3.63, 3.8) is 0 Å². The number of hydrogen-bond donors (Lipinski definition) is 0. The smallest absolute Gasteiger partial charge is 0.327 e. The molecule has 6 nitrogen and oxygen atoms in total. The van der Waals surface area contributed by atoms with Gasteiger partial charge in [0.25, 0.3) is 5.91 Å². The SMILES string of the molecule is C[C@@H](C1CC1)N(CC(F)(F)F)C(=O)c1ccc2nnnn2c1. The monoisotopic (exact) mass is 313 g/mol. The molecule has 118 valence electrons. The highest BCUT2D eigenvalue weighted by atomic mass is 19.4. The Morgan fingerprint density at radius 1 is 1.45 bits per heavy atom. The fourth-order valence-corrected chi connectivity index (χ4v) is 2.46. The second-order valence-electron chi connectivity index (χ2n) is 5.53. The Morgan fingerprint density at radius 3 is 2.82 bits per heavy atom. The van der Waals surface area contributed by atoms with Gasteiger partial charge in [-0.05, 0) is 48.2 Å². The molecule has 0 bridgehead atoms. The number of halogens is 3. The predicted octanol–water partition coefficient (Wildman–Crippen LogP) is 1.93. The average Bonchev–Trinajstić information content (AvgIpc) is 3.20. The summed E-state index contributed by atoms with van der Waals surface area (Å²) < 4.78 is 39.7. The number of nitrogens with zero attached hydrogens (tertiary/aromatic N) is 5. The Morgan fingerprint density at radius 2 is 2.18 bits per heavy atom. The number of hydrogen-bond acceptors (Lipinski definition) is 4. The van der Waals surface area contributed by atoms with Crippen LogP contribution in [0.15, 0.2) is 18.3 Å². The summed E-state index contributed by atoms with van der Waals surface area (Å²) >= 11 is 0. The molecule has 0 unspecified atom stereocenters. The van der Waals surface area contributed by atoms with Crippen LogP contribution in [0.4, 0.5) is 13.2 Å². The molecule has 3 rings (SSSR count). The molecule has 0 radical (unpaired) electrons. The topological polar surface area (TPSA) is 63.4 Å². The number of amides is 1. The van der Waals surface area contributed by atoms with E-state index in [0.29, 0.717) is 5.65 Å². The molecule has 22 heavy (non-hydrogen) atoms. The Bertz CT molecular complexity index is 694. The molecule has 0 N–H and O–H groups in total. The van der Waals surface area contributed by atoms with Crippen LogP contribution in [0.5, 0.6) is 0 Å². The number of aromatic nitrogens is 4. The first-order valence-corrected chi connectivity index (χ1v) is 6.90. The van der Waals surface area contributed by atoms with Crippen LogP contribution in [0.1, 0.15) is 30.1 Å². The van der Waals surface area contributed by atoms with Crippen LogP contribution in [0.3, 0.4) is 0 Å². The molecule has 1 aliphatic carbocycles. The first kappa shape index (κ1) is 14.7. The summed E-state index contributed by atoms with van der Waals surface area (Å²) in [7, 11) is 0. The van der Waals surface area contributed by atoms with Crippen LogP contribution >= 0.6 is 0 Å². The summed E-state index contributed by atoms with van der Waals surface area (Å²) in [4.78, 5) is 13.4. The second kappa shape index (κ2) is 5.22. The fraction of sp³-hybridized carbons (Fsp3) is 0.538. The van der Waals surface area contributed by atoms with Gasteiger partial charge in [0.15, 0.2) is 5.65 Å². The predicted molar refractivity (Wildman–Crippen MR) is 70.1 cm³/mol. The van der Waals surface area contributed by atoms with Crippen molar-refractivity contribution in [3.05, 3.63) is 23.9 Å². The molecule has 2 aromatic heterocycles. The molecule has 2 aromatic rings. The summed E-state index contributed by atoms with van der Waals surface area (Å²) in [5.41, 5.74) is 0.561. The van der Waals surface area contributed by atoms with Crippen molar-refractivity contribution in [2.24, 2.45) is 5.92 Å². The van der Waals surface area contributed by atoms with Gasteiger partial charge >= 0.3 is 6.18 Å². The summed E-state index contributed by atoms with van der Waals surface area (Å²) in [6, 6.07) is 2.50. The lowest BCUT2D eigenvalue weighted by atomic mass is 10.1. The number of pyridine rings is 1. The maximum Gasteiger partial charge on any atom is 0.406 e. The minimum Gasteiger partial charge on any atom is -0.327 e. The lowest BCUT2D eigenvalue weighted by Crippen LogP contribution is -2.45. The van der Waals surface area contributed by atoms with Gasteiger partial charge in [0.05, 0.1) is 5.56 Å². The van der Waals surface area contributed by atoms with Gasteiger partial charge < -0.3 is 4.90 Å². The largest absolute Gasteiger partial charge is 0.406 e. The van der Waals surface area contributed by atoms with E-state index in [9.17, 15) is 18.0 Å². The van der Waals surface area contributed by atoms with E-state index < -0.39 is 24.7 Å². The van der Waals surface area contributed by atoms with E-state index in [4.69, 9.17) is 0 Å². The Kier molecular flexibility index (Phi) is 3.50. The van der Waals surface area contributed by atoms with Crippen LogP contribution in [-0.2, 0) is 0 Å². The van der Waals surface area contributed by atoms with E-state index in [1.54, 1.807) is 6.92 Å². The molecule has 9 heteroatoms. The average molecular weight is 313 g/mol. The molecule has 1 atom stereocenters. The standard InChI is InChI=1S/C13H14F3N5O/c1-8(9-2-3-9)20(7-13(14,15)16)12(22)10-4-5-11-17-18-19-21(11)6-10/h4-6,8-9H,2-3,7H2,1H3/t8-/m0/s1. The number of carbonyl (C=O) groups excluding carboxylic acids is 1. The van der Waals surface area contributed by atoms with Crippen molar-refractivity contribution >= 4 is 11.6 Å². The highest BCUT2D eigenvalue weighted by Crippen LogP contribution is 2.36. The molecule has 1 aliphatic rings. The number of tetrazole rings is 1. The summed E-state index contributed by atoms with van der Waals surface area (Å²) in [6.45, 7) is 0.411. The maximum absolute atomic E-state index is 12.8. The second-order valence-corrected chi connectivity index (χ2v) is 5.53. The molecule has 1 amide bonds. The van der Waals surface area contributed by atoms with Crippen LogP contribution in [0.2, 0.25) is 0 Å². The third kappa shape index (κ3) is 3.02. The van der Waals surface area contributed by atoms with Gasteiger partial charge in [0, 0.05) is 12.2 Å². The van der Waals surface area contributed by atoms with Crippen molar-refractivity contribution < 1.29 is 18.0 Å². The number of rotatable bonds is 4. The zero-order valence-electron chi connectivity index (χ0n) is 11.8. The van der Waals surface area contributed by atoms with Gasteiger partial charge in [-0.25, -0.2) is 0 Å². The van der Waals surface area contributed by atoms with E-state index in [2.05, 4.69) is 15.5 Å². The van der Waals surface area contributed by atoms with Gasteiger partial charge in [-0.3, -0.25) is 4.79 Å². The number of fused-ring (bicyclic) bond motifs is 1. The molecule has 0 aromatic carbocycles. The first-order chi connectivity index (χ1) is 10.3. The van der Waals surface area contributed by atoms with E-state index in [-0.39, 0.29) is 11.5 Å². The Labute approximate surface area is 123 Å².